The van der Waals surface area contributed by atoms with E-state index in [1.807, 2.05) is 0 Å². The fourth-order valence-corrected chi connectivity index (χ4v) is 3.17. The Labute approximate surface area is 171 Å². The average Bonchev–Trinajstić information content (AvgIpc) is 2.97. The lowest BCUT2D eigenvalue weighted by molar-refractivity contribution is 0.378. The molecule has 0 aliphatic carbocycles. The van der Waals surface area contributed by atoms with E-state index in [4.69, 9.17) is 5.73 Å². The van der Waals surface area contributed by atoms with E-state index in [1.54, 1.807) is 4.57 Å². The normalized spacial score (nSPS) is 11.9. The smallest absolute Gasteiger partial charge is 0.328 e. The Hall–Kier alpha value is -2.83. The van der Waals surface area contributed by atoms with E-state index >= 15 is 0 Å². The first kappa shape index (κ1) is 20.9. The number of H-pyrrole nitrogens is 1. The molecule has 7 heteroatoms. The SMILES string of the molecule is CCCCNc1nc(N)c2[nH]c(=O)n(Cc3ccc(CCC(C)(C)C)cc3)c2n1. The van der Waals surface area contributed by atoms with Crippen molar-refractivity contribution in [3.63, 3.8) is 0 Å². The van der Waals surface area contributed by atoms with Crippen LogP contribution in [0.15, 0.2) is 29.1 Å². The number of hydrogen-bond acceptors (Lipinski definition) is 5. The second-order valence-corrected chi connectivity index (χ2v) is 8.80. The third-order valence-corrected chi connectivity index (χ3v) is 4.99. The van der Waals surface area contributed by atoms with Crippen LogP contribution in [0, 0.1) is 5.41 Å². The van der Waals surface area contributed by atoms with Crippen molar-refractivity contribution < 1.29 is 0 Å². The van der Waals surface area contributed by atoms with Gasteiger partial charge in [-0.3, -0.25) is 4.57 Å². The van der Waals surface area contributed by atoms with Crippen LogP contribution in [0.1, 0.15) is 58.1 Å². The Bertz CT molecular complexity index is 1010. The predicted molar refractivity (Wildman–Crippen MR) is 119 cm³/mol. The molecular formula is C22H32N6O. The molecular weight excluding hydrogens is 364 g/mol. The number of aromatic amines is 1. The first-order valence-electron chi connectivity index (χ1n) is 10.3. The highest BCUT2D eigenvalue weighted by Crippen LogP contribution is 2.22. The van der Waals surface area contributed by atoms with Gasteiger partial charge in [-0.25, -0.2) is 4.79 Å². The number of benzene rings is 1. The van der Waals surface area contributed by atoms with Crippen molar-refractivity contribution in [2.75, 3.05) is 17.6 Å². The minimum absolute atomic E-state index is 0.233. The van der Waals surface area contributed by atoms with Gasteiger partial charge in [-0.15, -0.1) is 0 Å². The Morgan fingerprint density at radius 1 is 1.14 bits per heavy atom. The summed E-state index contributed by atoms with van der Waals surface area (Å²) in [6.07, 6.45) is 4.28. The van der Waals surface area contributed by atoms with E-state index in [1.165, 1.54) is 5.56 Å². The van der Waals surface area contributed by atoms with Crippen LogP contribution in [0.3, 0.4) is 0 Å². The van der Waals surface area contributed by atoms with E-state index in [2.05, 4.69) is 72.2 Å². The molecule has 0 fully saturated rings. The van der Waals surface area contributed by atoms with Gasteiger partial charge in [0.25, 0.3) is 0 Å². The van der Waals surface area contributed by atoms with E-state index in [9.17, 15) is 4.79 Å². The summed E-state index contributed by atoms with van der Waals surface area (Å²) in [5.74, 6) is 0.733. The van der Waals surface area contributed by atoms with Gasteiger partial charge in [-0.2, -0.15) is 9.97 Å². The molecule has 0 spiro atoms. The van der Waals surface area contributed by atoms with Crippen molar-refractivity contribution in [1.82, 2.24) is 19.5 Å². The zero-order valence-electron chi connectivity index (χ0n) is 17.9. The first-order valence-corrected chi connectivity index (χ1v) is 10.3. The fraction of sp³-hybridized carbons (Fsp3) is 0.500. The van der Waals surface area contributed by atoms with Crippen molar-refractivity contribution in [2.45, 2.75) is 59.9 Å². The molecule has 0 unspecified atom stereocenters. The molecule has 0 bridgehead atoms. The molecule has 0 aliphatic heterocycles. The summed E-state index contributed by atoms with van der Waals surface area (Å²) in [7, 11) is 0. The van der Waals surface area contributed by atoms with Crippen LogP contribution in [0.2, 0.25) is 0 Å². The fourth-order valence-electron chi connectivity index (χ4n) is 3.17. The van der Waals surface area contributed by atoms with Gasteiger partial charge in [0.15, 0.2) is 11.5 Å². The average molecular weight is 397 g/mol. The van der Waals surface area contributed by atoms with Crippen LogP contribution in [-0.2, 0) is 13.0 Å². The summed E-state index contributed by atoms with van der Waals surface area (Å²) in [6.45, 7) is 10.1. The van der Waals surface area contributed by atoms with Crippen LogP contribution in [0.5, 0.6) is 0 Å². The Morgan fingerprint density at radius 2 is 1.83 bits per heavy atom. The van der Waals surface area contributed by atoms with Crippen molar-refractivity contribution in [3.8, 4) is 0 Å². The third kappa shape index (κ3) is 5.37. The summed E-state index contributed by atoms with van der Waals surface area (Å²) in [5.41, 5.74) is 9.50. The number of hydrogen-bond donors (Lipinski definition) is 3. The molecule has 0 amide bonds. The third-order valence-electron chi connectivity index (χ3n) is 4.99. The second kappa shape index (κ2) is 8.68. The number of rotatable bonds is 8. The summed E-state index contributed by atoms with van der Waals surface area (Å²) >= 11 is 0. The zero-order chi connectivity index (χ0) is 21.0. The van der Waals surface area contributed by atoms with Crippen LogP contribution < -0.4 is 16.7 Å². The number of aromatic nitrogens is 4. The standard InChI is InChI=1S/C22H32N6O/c1-5-6-13-24-20-26-18(23)17-19(27-20)28(21(29)25-17)14-16-9-7-15(8-10-16)11-12-22(2,3)4/h7-10H,5-6,11-14H2,1-4H3,(H,25,29)(H3,23,24,26,27). The summed E-state index contributed by atoms with van der Waals surface area (Å²) in [4.78, 5) is 24.1. The Morgan fingerprint density at radius 3 is 2.48 bits per heavy atom. The molecule has 0 aliphatic rings. The highest BCUT2D eigenvalue weighted by atomic mass is 16.1. The lowest BCUT2D eigenvalue weighted by Crippen LogP contribution is -2.18. The number of nitrogens with two attached hydrogens (primary N) is 1. The highest BCUT2D eigenvalue weighted by Gasteiger charge is 2.14. The minimum Gasteiger partial charge on any atom is -0.382 e. The van der Waals surface area contributed by atoms with Gasteiger partial charge in [-0.1, -0.05) is 58.4 Å². The quantitative estimate of drug-likeness (QED) is 0.501. The maximum Gasteiger partial charge on any atom is 0.328 e. The number of fused-ring (bicyclic) bond motifs is 1. The number of nitrogens with one attached hydrogen (secondary N) is 2. The molecule has 3 rings (SSSR count). The molecule has 1 aromatic carbocycles. The van der Waals surface area contributed by atoms with Crippen molar-refractivity contribution in [3.05, 3.63) is 45.9 Å². The van der Waals surface area contributed by atoms with E-state index in [-0.39, 0.29) is 11.5 Å². The summed E-state index contributed by atoms with van der Waals surface area (Å²) in [6, 6.07) is 8.44. The molecule has 2 heterocycles. The van der Waals surface area contributed by atoms with Crippen LogP contribution in [0.4, 0.5) is 11.8 Å². The number of nitrogens with zero attached hydrogens (tertiary/aromatic N) is 3. The van der Waals surface area contributed by atoms with E-state index < -0.39 is 0 Å². The number of nitrogen functional groups attached to an aromatic ring is 1. The summed E-state index contributed by atoms with van der Waals surface area (Å²) < 4.78 is 1.61. The molecule has 29 heavy (non-hydrogen) atoms. The van der Waals surface area contributed by atoms with Gasteiger partial charge in [0, 0.05) is 6.54 Å². The molecule has 2 aromatic heterocycles. The first-order chi connectivity index (χ1) is 13.8. The second-order valence-electron chi connectivity index (χ2n) is 8.80. The van der Waals surface area contributed by atoms with Crippen LogP contribution >= 0.6 is 0 Å². The number of unbranched alkanes of at least 4 members (excludes halogenated alkanes) is 1. The lowest BCUT2D eigenvalue weighted by atomic mass is 9.88. The lowest BCUT2D eigenvalue weighted by Gasteiger charge is -2.17. The molecule has 4 N–H and O–H groups in total. The topological polar surface area (TPSA) is 102 Å². The molecule has 0 atom stereocenters. The van der Waals surface area contributed by atoms with Crippen LogP contribution in [0.25, 0.3) is 11.2 Å². The van der Waals surface area contributed by atoms with Crippen molar-refractivity contribution >= 4 is 22.9 Å². The van der Waals surface area contributed by atoms with Gasteiger partial charge in [0.2, 0.25) is 5.95 Å². The molecule has 0 saturated heterocycles. The molecule has 156 valence electrons. The monoisotopic (exact) mass is 396 g/mol. The van der Waals surface area contributed by atoms with Gasteiger partial charge < -0.3 is 16.0 Å². The molecule has 7 nitrogen and oxygen atoms in total. The Kier molecular flexibility index (Phi) is 6.25. The van der Waals surface area contributed by atoms with Crippen molar-refractivity contribution in [2.24, 2.45) is 5.41 Å². The van der Waals surface area contributed by atoms with Gasteiger partial charge in [0.05, 0.1) is 6.54 Å². The van der Waals surface area contributed by atoms with Gasteiger partial charge in [-0.05, 0) is 35.8 Å². The zero-order valence-corrected chi connectivity index (χ0v) is 17.9. The highest BCUT2D eigenvalue weighted by molar-refractivity contribution is 5.82. The number of anilines is 2. The minimum atomic E-state index is -0.233. The van der Waals surface area contributed by atoms with Gasteiger partial charge in [0.1, 0.15) is 5.52 Å². The maximum absolute atomic E-state index is 12.5. The van der Waals surface area contributed by atoms with Gasteiger partial charge >= 0.3 is 5.69 Å². The number of imidazole rings is 1. The van der Waals surface area contributed by atoms with E-state index in [0.29, 0.717) is 29.1 Å². The van der Waals surface area contributed by atoms with Crippen LogP contribution in [-0.4, -0.2) is 26.1 Å². The summed E-state index contributed by atoms with van der Waals surface area (Å²) in [5, 5.41) is 3.18. The number of aryl methyl sites for hydroxylation is 1. The molecule has 3 aromatic rings. The largest absolute Gasteiger partial charge is 0.382 e. The Balaban J connectivity index is 1.82. The molecule has 0 radical (unpaired) electrons. The maximum atomic E-state index is 12.5. The predicted octanol–water partition coefficient (Wildman–Crippen LogP) is 3.94. The van der Waals surface area contributed by atoms with Crippen molar-refractivity contribution in [1.29, 1.82) is 0 Å². The molecule has 0 saturated carbocycles. The van der Waals surface area contributed by atoms with E-state index in [0.717, 1.165) is 37.8 Å².